The Labute approximate surface area is 160 Å². The molecule has 1 aliphatic rings. The fourth-order valence-corrected chi connectivity index (χ4v) is 4.23. The van der Waals surface area contributed by atoms with E-state index in [1.54, 1.807) is 12.1 Å². The zero-order valence-electron chi connectivity index (χ0n) is 14.5. The summed E-state index contributed by atoms with van der Waals surface area (Å²) in [6.07, 6.45) is 2.21. The number of fused-ring (bicyclic) bond motifs is 1. The van der Waals surface area contributed by atoms with Gasteiger partial charge in [-0.2, -0.15) is 0 Å². The highest BCUT2D eigenvalue weighted by molar-refractivity contribution is 7.99. The van der Waals surface area contributed by atoms with Crippen molar-refractivity contribution >= 4 is 17.7 Å². The molecule has 4 nitrogen and oxygen atoms in total. The van der Waals surface area contributed by atoms with Crippen LogP contribution < -0.4 is 10.1 Å². The van der Waals surface area contributed by atoms with E-state index in [1.165, 1.54) is 24.1 Å². The van der Waals surface area contributed by atoms with E-state index in [4.69, 9.17) is 9.15 Å². The third-order valence-corrected chi connectivity index (χ3v) is 5.58. The van der Waals surface area contributed by atoms with Crippen LogP contribution in [-0.2, 0) is 6.61 Å². The minimum atomic E-state index is -0.321. The van der Waals surface area contributed by atoms with Gasteiger partial charge in [-0.15, -0.1) is 11.8 Å². The van der Waals surface area contributed by atoms with Gasteiger partial charge in [0.15, 0.2) is 5.76 Å². The highest BCUT2D eigenvalue weighted by atomic mass is 32.2. The maximum absolute atomic E-state index is 14.0. The van der Waals surface area contributed by atoms with Gasteiger partial charge in [0.25, 0.3) is 5.91 Å². The molecule has 138 valence electrons. The second kappa shape index (κ2) is 7.88. The van der Waals surface area contributed by atoms with E-state index in [9.17, 15) is 9.18 Å². The quantitative estimate of drug-likeness (QED) is 0.676. The van der Waals surface area contributed by atoms with E-state index >= 15 is 0 Å². The maximum atomic E-state index is 14.0. The molecule has 1 atom stereocenters. The number of ether oxygens (including phenoxy) is 1. The van der Waals surface area contributed by atoms with Gasteiger partial charge in [0.2, 0.25) is 0 Å². The molecular weight excluding hydrogens is 365 g/mol. The van der Waals surface area contributed by atoms with Gasteiger partial charge in [-0.1, -0.05) is 30.3 Å². The van der Waals surface area contributed by atoms with Crippen molar-refractivity contribution in [1.29, 1.82) is 0 Å². The molecule has 6 heteroatoms. The summed E-state index contributed by atoms with van der Waals surface area (Å²) in [6, 6.07) is 15.8. The Hall–Kier alpha value is -2.73. The lowest BCUT2D eigenvalue weighted by atomic mass is 10.0. The molecule has 2 aromatic carbocycles. The number of rotatable bonds is 5. The fourth-order valence-electron chi connectivity index (χ4n) is 3.09. The number of hydrogen-bond acceptors (Lipinski definition) is 4. The first-order valence-electron chi connectivity index (χ1n) is 8.68. The molecule has 1 aliphatic heterocycles. The molecule has 3 aromatic rings. The summed E-state index contributed by atoms with van der Waals surface area (Å²) in [5, 5.41) is 2.98. The summed E-state index contributed by atoms with van der Waals surface area (Å²) in [5.41, 5.74) is 1.48. The second-order valence-electron chi connectivity index (χ2n) is 6.20. The number of benzene rings is 2. The SMILES string of the molecule is O=C(NC1CCSc2c(F)cccc21)c1occc1COc1ccccc1. The van der Waals surface area contributed by atoms with Crippen LogP contribution in [0.4, 0.5) is 4.39 Å². The Morgan fingerprint density at radius 1 is 1.19 bits per heavy atom. The largest absolute Gasteiger partial charge is 0.489 e. The lowest BCUT2D eigenvalue weighted by Gasteiger charge is -2.26. The maximum Gasteiger partial charge on any atom is 0.287 e. The van der Waals surface area contributed by atoms with Crippen molar-refractivity contribution in [3.8, 4) is 5.75 Å². The van der Waals surface area contributed by atoms with Crippen LogP contribution in [0.1, 0.15) is 34.1 Å². The van der Waals surface area contributed by atoms with Crippen molar-refractivity contribution in [2.45, 2.75) is 24.0 Å². The zero-order chi connectivity index (χ0) is 18.6. The molecule has 1 amide bonds. The first kappa shape index (κ1) is 17.7. The Kier molecular flexibility index (Phi) is 5.16. The standard InChI is InChI=1S/C21H18FNO3S/c22-17-8-4-7-16-18(10-12-27-20(16)17)23-21(24)19-14(9-11-25-19)13-26-15-5-2-1-3-6-15/h1-9,11,18H,10,12-13H2,(H,23,24). The number of thioether (sulfide) groups is 1. The molecule has 1 aromatic heterocycles. The monoisotopic (exact) mass is 383 g/mol. The Bertz CT molecular complexity index is 942. The molecule has 1 unspecified atom stereocenters. The van der Waals surface area contributed by atoms with Crippen molar-refractivity contribution in [3.63, 3.8) is 0 Å². The second-order valence-corrected chi connectivity index (χ2v) is 7.30. The van der Waals surface area contributed by atoms with Crippen LogP contribution in [0.5, 0.6) is 5.75 Å². The van der Waals surface area contributed by atoms with E-state index in [0.717, 1.165) is 23.5 Å². The zero-order valence-corrected chi connectivity index (χ0v) is 15.3. The Balaban J connectivity index is 1.47. The molecule has 0 spiro atoms. The molecule has 0 radical (unpaired) electrons. The van der Waals surface area contributed by atoms with Crippen molar-refractivity contribution in [2.24, 2.45) is 0 Å². The minimum absolute atomic E-state index is 0.224. The van der Waals surface area contributed by atoms with Crippen LogP contribution in [0.2, 0.25) is 0 Å². The van der Waals surface area contributed by atoms with Crippen molar-refractivity contribution in [2.75, 3.05) is 5.75 Å². The Morgan fingerprint density at radius 2 is 2.04 bits per heavy atom. The van der Waals surface area contributed by atoms with Crippen LogP contribution in [-0.4, -0.2) is 11.7 Å². The predicted octanol–water partition coefficient (Wildman–Crippen LogP) is 4.96. The summed E-state index contributed by atoms with van der Waals surface area (Å²) >= 11 is 1.48. The number of hydrogen-bond donors (Lipinski definition) is 1. The first-order chi connectivity index (χ1) is 13.2. The van der Waals surface area contributed by atoms with Crippen molar-refractivity contribution < 1.29 is 18.3 Å². The number of para-hydroxylation sites is 1. The summed E-state index contributed by atoms with van der Waals surface area (Å²) in [7, 11) is 0. The highest BCUT2D eigenvalue weighted by Crippen LogP contribution is 2.37. The third-order valence-electron chi connectivity index (χ3n) is 4.42. The smallest absolute Gasteiger partial charge is 0.287 e. The van der Waals surface area contributed by atoms with Crippen LogP contribution in [0.15, 0.2) is 70.2 Å². The number of amides is 1. The van der Waals surface area contributed by atoms with E-state index in [0.29, 0.717) is 10.5 Å². The molecule has 0 saturated heterocycles. The van der Waals surface area contributed by atoms with Gasteiger partial charge in [0, 0.05) is 16.2 Å². The van der Waals surface area contributed by atoms with Gasteiger partial charge in [-0.05, 0) is 36.2 Å². The van der Waals surface area contributed by atoms with Gasteiger partial charge in [0.05, 0.1) is 12.3 Å². The molecule has 27 heavy (non-hydrogen) atoms. The normalized spacial score (nSPS) is 15.8. The van der Waals surface area contributed by atoms with Gasteiger partial charge in [0.1, 0.15) is 18.2 Å². The van der Waals surface area contributed by atoms with Gasteiger partial charge in [-0.25, -0.2) is 4.39 Å². The summed E-state index contributed by atoms with van der Waals surface area (Å²) in [5.74, 6) is 1.13. The van der Waals surface area contributed by atoms with Gasteiger partial charge >= 0.3 is 0 Å². The summed E-state index contributed by atoms with van der Waals surface area (Å²) in [6.45, 7) is 0.231. The van der Waals surface area contributed by atoms with Crippen molar-refractivity contribution in [3.05, 3.63) is 83.6 Å². The number of halogens is 1. The van der Waals surface area contributed by atoms with E-state index in [1.807, 2.05) is 36.4 Å². The van der Waals surface area contributed by atoms with Crippen LogP contribution in [0, 0.1) is 5.82 Å². The van der Waals surface area contributed by atoms with E-state index < -0.39 is 0 Å². The highest BCUT2D eigenvalue weighted by Gasteiger charge is 2.26. The Morgan fingerprint density at radius 3 is 2.89 bits per heavy atom. The van der Waals surface area contributed by atoms with Gasteiger partial charge in [-0.3, -0.25) is 4.79 Å². The fraction of sp³-hybridized carbons (Fsp3) is 0.190. The number of nitrogens with one attached hydrogen (secondary N) is 1. The van der Waals surface area contributed by atoms with Gasteiger partial charge < -0.3 is 14.5 Å². The lowest BCUT2D eigenvalue weighted by Crippen LogP contribution is -2.31. The van der Waals surface area contributed by atoms with Crippen molar-refractivity contribution in [1.82, 2.24) is 5.32 Å². The number of carbonyl (C=O) groups excluding carboxylic acids is 1. The predicted molar refractivity (Wildman–Crippen MR) is 101 cm³/mol. The molecule has 0 saturated carbocycles. The average molecular weight is 383 g/mol. The lowest BCUT2D eigenvalue weighted by molar-refractivity contribution is 0.0903. The van der Waals surface area contributed by atoms with Crippen LogP contribution in [0.25, 0.3) is 0 Å². The minimum Gasteiger partial charge on any atom is -0.489 e. The number of carbonyl (C=O) groups is 1. The topological polar surface area (TPSA) is 51.5 Å². The molecule has 0 fully saturated rings. The third kappa shape index (κ3) is 3.85. The molecule has 4 rings (SSSR count). The van der Waals surface area contributed by atoms with Crippen LogP contribution >= 0.6 is 11.8 Å². The molecule has 1 N–H and O–H groups in total. The average Bonchev–Trinajstić information content (AvgIpc) is 3.17. The molecule has 0 aliphatic carbocycles. The first-order valence-corrected chi connectivity index (χ1v) is 9.67. The molecular formula is C21H18FNO3S. The van der Waals surface area contributed by atoms with Crippen LogP contribution in [0.3, 0.4) is 0 Å². The number of furan rings is 1. The molecule has 0 bridgehead atoms. The summed E-state index contributed by atoms with van der Waals surface area (Å²) < 4.78 is 25.1. The van der Waals surface area contributed by atoms with E-state index in [2.05, 4.69) is 5.32 Å². The summed E-state index contributed by atoms with van der Waals surface area (Å²) in [4.78, 5) is 13.4. The van der Waals surface area contributed by atoms with E-state index in [-0.39, 0.29) is 30.1 Å². The molecule has 2 heterocycles.